The van der Waals surface area contributed by atoms with E-state index in [0.29, 0.717) is 17.4 Å². The SMILES string of the molecule is C[C@]12CCCC[C@H]1CC[C@H]1[C@@H]3CCC[C@@]3(CO)CC[C@@H]12. The van der Waals surface area contributed by atoms with E-state index in [-0.39, 0.29) is 0 Å². The van der Waals surface area contributed by atoms with E-state index in [2.05, 4.69) is 6.92 Å². The average Bonchev–Trinajstić information content (AvgIpc) is 2.91. The number of aliphatic hydroxyl groups excluding tert-OH is 1. The summed E-state index contributed by atoms with van der Waals surface area (Å²) in [6, 6.07) is 0. The van der Waals surface area contributed by atoms with E-state index < -0.39 is 0 Å². The van der Waals surface area contributed by atoms with Crippen molar-refractivity contribution >= 4 is 0 Å². The number of hydrogen-bond acceptors (Lipinski definition) is 1. The van der Waals surface area contributed by atoms with Gasteiger partial charge >= 0.3 is 0 Å². The van der Waals surface area contributed by atoms with Crippen LogP contribution in [0.2, 0.25) is 0 Å². The highest BCUT2D eigenvalue weighted by molar-refractivity contribution is 5.07. The smallest absolute Gasteiger partial charge is 0.0490 e. The van der Waals surface area contributed by atoms with Gasteiger partial charge in [0.1, 0.15) is 0 Å². The van der Waals surface area contributed by atoms with Crippen molar-refractivity contribution in [2.45, 2.75) is 77.6 Å². The standard InChI is InChI=1S/C19H32O/c1-18-10-3-2-5-14(18)7-8-15-16(18)9-12-19(13-20)11-4-6-17(15)19/h14-17,20H,2-13H2,1H3/t14-,15+,16-,17-,18-,19-/m0/s1. The Labute approximate surface area is 124 Å². The third-order valence-corrected chi connectivity index (χ3v) is 8.42. The van der Waals surface area contributed by atoms with Crippen LogP contribution < -0.4 is 0 Å². The molecule has 0 unspecified atom stereocenters. The second-order valence-electron chi connectivity index (χ2n) is 8.85. The summed E-state index contributed by atoms with van der Waals surface area (Å²) in [6.45, 7) is 3.12. The second kappa shape index (κ2) is 4.73. The van der Waals surface area contributed by atoms with Gasteiger partial charge in [0.05, 0.1) is 0 Å². The Balaban J connectivity index is 1.64. The summed E-state index contributed by atoms with van der Waals surface area (Å²) in [5.41, 5.74) is 1.00. The Bertz CT molecular complexity index is 378. The molecule has 0 heterocycles. The minimum absolute atomic E-state index is 0.346. The minimum atomic E-state index is 0.346. The van der Waals surface area contributed by atoms with E-state index in [4.69, 9.17) is 0 Å². The van der Waals surface area contributed by atoms with Gasteiger partial charge in [-0.1, -0.05) is 26.2 Å². The summed E-state index contributed by atoms with van der Waals surface area (Å²) in [6.07, 6.45) is 15.8. The predicted molar refractivity (Wildman–Crippen MR) is 82.4 cm³/mol. The Morgan fingerprint density at radius 3 is 2.60 bits per heavy atom. The van der Waals surface area contributed by atoms with Crippen LogP contribution >= 0.6 is 0 Å². The van der Waals surface area contributed by atoms with E-state index in [1.54, 1.807) is 0 Å². The summed E-state index contributed by atoms with van der Waals surface area (Å²) < 4.78 is 0. The monoisotopic (exact) mass is 276 g/mol. The molecule has 4 rings (SSSR count). The van der Waals surface area contributed by atoms with Crippen LogP contribution in [0.25, 0.3) is 0 Å². The van der Waals surface area contributed by atoms with E-state index in [1.807, 2.05) is 0 Å². The van der Waals surface area contributed by atoms with Gasteiger partial charge in [-0.15, -0.1) is 0 Å². The number of hydrogen-bond donors (Lipinski definition) is 1. The van der Waals surface area contributed by atoms with Crippen molar-refractivity contribution in [3.63, 3.8) is 0 Å². The first-order valence-electron chi connectivity index (χ1n) is 9.30. The van der Waals surface area contributed by atoms with Gasteiger partial charge < -0.3 is 5.11 Å². The summed E-state index contributed by atoms with van der Waals surface area (Å²) in [5, 5.41) is 10.0. The fourth-order valence-corrected chi connectivity index (χ4v) is 7.36. The molecule has 0 bridgehead atoms. The van der Waals surface area contributed by atoms with Crippen LogP contribution in [0.15, 0.2) is 0 Å². The molecule has 1 N–H and O–H groups in total. The lowest BCUT2D eigenvalue weighted by atomic mass is 9.45. The maximum absolute atomic E-state index is 10.0. The molecule has 6 atom stereocenters. The van der Waals surface area contributed by atoms with Crippen molar-refractivity contribution in [3.8, 4) is 0 Å². The van der Waals surface area contributed by atoms with Gasteiger partial charge in [-0.25, -0.2) is 0 Å². The third-order valence-electron chi connectivity index (χ3n) is 8.42. The lowest BCUT2D eigenvalue weighted by Crippen LogP contribution is -2.53. The molecule has 20 heavy (non-hydrogen) atoms. The van der Waals surface area contributed by atoms with Crippen molar-refractivity contribution in [1.29, 1.82) is 0 Å². The van der Waals surface area contributed by atoms with Crippen LogP contribution in [0.5, 0.6) is 0 Å². The summed E-state index contributed by atoms with van der Waals surface area (Å²) in [5.74, 6) is 3.84. The van der Waals surface area contributed by atoms with E-state index in [0.717, 1.165) is 23.7 Å². The molecule has 0 aromatic heterocycles. The molecule has 114 valence electrons. The van der Waals surface area contributed by atoms with Crippen molar-refractivity contribution < 1.29 is 5.11 Å². The first-order chi connectivity index (χ1) is 9.70. The van der Waals surface area contributed by atoms with Crippen LogP contribution in [0.3, 0.4) is 0 Å². The van der Waals surface area contributed by atoms with Gasteiger partial charge in [-0.2, -0.15) is 0 Å². The van der Waals surface area contributed by atoms with Gasteiger partial charge in [-0.3, -0.25) is 0 Å². The van der Waals surface area contributed by atoms with Gasteiger partial charge in [-0.05, 0) is 85.9 Å². The molecule has 4 fully saturated rings. The Kier molecular flexibility index (Phi) is 3.22. The largest absolute Gasteiger partial charge is 0.396 e. The Morgan fingerprint density at radius 1 is 0.850 bits per heavy atom. The normalized spacial score (nSPS) is 54.9. The summed E-state index contributed by atoms with van der Waals surface area (Å²) in [7, 11) is 0. The highest BCUT2D eigenvalue weighted by Crippen LogP contribution is 2.66. The topological polar surface area (TPSA) is 20.2 Å². The molecule has 1 nitrogen and oxygen atoms in total. The summed E-state index contributed by atoms with van der Waals surface area (Å²) in [4.78, 5) is 0. The first-order valence-corrected chi connectivity index (χ1v) is 9.30. The van der Waals surface area contributed by atoms with Crippen LogP contribution in [0.1, 0.15) is 77.6 Å². The van der Waals surface area contributed by atoms with E-state index in [1.165, 1.54) is 70.6 Å². The molecule has 4 aliphatic rings. The Hall–Kier alpha value is -0.0400. The van der Waals surface area contributed by atoms with Gasteiger partial charge in [0.25, 0.3) is 0 Å². The van der Waals surface area contributed by atoms with Gasteiger partial charge in [0.15, 0.2) is 0 Å². The third kappa shape index (κ3) is 1.71. The second-order valence-corrected chi connectivity index (χ2v) is 8.85. The number of rotatable bonds is 1. The predicted octanol–water partition coefficient (Wildman–Crippen LogP) is 4.78. The van der Waals surface area contributed by atoms with Crippen LogP contribution in [0, 0.1) is 34.5 Å². The molecule has 0 spiro atoms. The van der Waals surface area contributed by atoms with E-state index >= 15 is 0 Å². The van der Waals surface area contributed by atoms with Crippen molar-refractivity contribution in [3.05, 3.63) is 0 Å². The molecule has 0 aromatic carbocycles. The quantitative estimate of drug-likeness (QED) is 0.730. The van der Waals surface area contributed by atoms with Crippen LogP contribution in [-0.2, 0) is 0 Å². The molecule has 0 aromatic rings. The van der Waals surface area contributed by atoms with Crippen LogP contribution in [0.4, 0.5) is 0 Å². The fourth-order valence-electron chi connectivity index (χ4n) is 7.36. The molecule has 0 amide bonds. The number of aliphatic hydroxyl groups is 1. The van der Waals surface area contributed by atoms with Crippen LogP contribution in [-0.4, -0.2) is 11.7 Å². The highest BCUT2D eigenvalue weighted by atomic mass is 16.3. The van der Waals surface area contributed by atoms with E-state index in [9.17, 15) is 5.11 Å². The average molecular weight is 276 g/mol. The maximum atomic E-state index is 10.0. The van der Waals surface area contributed by atoms with Crippen molar-refractivity contribution in [1.82, 2.24) is 0 Å². The molecule has 0 radical (unpaired) electrons. The van der Waals surface area contributed by atoms with Gasteiger partial charge in [0.2, 0.25) is 0 Å². The molecular weight excluding hydrogens is 244 g/mol. The molecule has 4 saturated carbocycles. The Morgan fingerprint density at radius 2 is 1.75 bits per heavy atom. The molecular formula is C19H32O. The lowest BCUT2D eigenvalue weighted by Gasteiger charge is -2.60. The van der Waals surface area contributed by atoms with Gasteiger partial charge in [0, 0.05) is 6.61 Å². The zero-order valence-electron chi connectivity index (χ0n) is 13.2. The lowest BCUT2D eigenvalue weighted by molar-refractivity contribution is -0.117. The highest BCUT2D eigenvalue weighted by Gasteiger charge is 2.58. The molecule has 4 aliphatic carbocycles. The molecule has 1 heteroatoms. The van der Waals surface area contributed by atoms with Crippen molar-refractivity contribution in [2.75, 3.05) is 6.61 Å². The number of fused-ring (bicyclic) bond motifs is 5. The molecule has 0 aliphatic heterocycles. The zero-order chi connectivity index (χ0) is 13.8. The summed E-state index contributed by atoms with van der Waals surface area (Å²) >= 11 is 0. The minimum Gasteiger partial charge on any atom is -0.396 e. The first kappa shape index (κ1) is 13.6. The zero-order valence-corrected chi connectivity index (χ0v) is 13.2. The molecule has 0 saturated heterocycles. The van der Waals surface area contributed by atoms with Crippen molar-refractivity contribution in [2.24, 2.45) is 34.5 Å². The maximum Gasteiger partial charge on any atom is 0.0490 e. The fraction of sp³-hybridized carbons (Fsp3) is 1.00.